The molecule has 0 aliphatic carbocycles. The predicted octanol–water partition coefficient (Wildman–Crippen LogP) is 5.30. The fourth-order valence-corrected chi connectivity index (χ4v) is 2.42. The number of rotatable bonds is 9. The zero-order valence-corrected chi connectivity index (χ0v) is 13.6. The average Bonchev–Trinajstić information content (AvgIpc) is 2.50. The van der Waals surface area contributed by atoms with Crippen molar-refractivity contribution >= 4 is 6.16 Å². The van der Waals surface area contributed by atoms with Crippen LogP contribution in [0.4, 0.5) is 4.79 Å². The Kier molecular flexibility index (Phi) is 8.56. The molecule has 1 aromatic carbocycles. The Labute approximate surface area is 128 Å². The summed E-state index contributed by atoms with van der Waals surface area (Å²) in [6.07, 6.45) is 6.87. The highest BCUT2D eigenvalue weighted by Crippen LogP contribution is 2.24. The van der Waals surface area contributed by atoms with Gasteiger partial charge in [-0.15, -0.1) is 0 Å². The smallest absolute Gasteiger partial charge is 0.434 e. The number of hydrogen-bond acceptors (Lipinski definition) is 3. The van der Waals surface area contributed by atoms with Crippen molar-refractivity contribution in [2.45, 2.75) is 65.7 Å². The molecule has 1 aromatic rings. The maximum absolute atomic E-state index is 11.7. The SMILES string of the molecule is CCCCCCCOC(=O)Oc1cccc(CC)c1CC. The van der Waals surface area contributed by atoms with E-state index in [0.717, 1.165) is 31.2 Å². The fraction of sp³-hybridized carbons (Fsp3) is 0.611. The normalized spacial score (nSPS) is 10.4. The number of hydrogen-bond donors (Lipinski definition) is 0. The molecular formula is C18H28O3. The van der Waals surface area contributed by atoms with E-state index in [1.54, 1.807) is 0 Å². The summed E-state index contributed by atoms with van der Waals surface area (Å²) in [6, 6.07) is 5.83. The Morgan fingerprint density at radius 3 is 2.43 bits per heavy atom. The van der Waals surface area contributed by atoms with Crippen LogP contribution in [0.1, 0.15) is 64.0 Å². The molecule has 0 aliphatic heterocycles. The molecule has 0 aliphatic rings. The van der Waals surface area contributed by atoms with E-state index in [2.05, 4.69) is 26.8 Å². The summed E-state index contributed by atoms with van der Waals surface area (Å²) >= 11 is 0. The highest BCUT2D eigenvalue weighted by molar-refractivity contribution is 5.64. The fourth-order valence-electron chi connectivity index (χ4n) is 2.42. The summed E-state index contributed by atoms with van der Waals surface area (Å²) in [5.41, 5.74) is 2.32. The third kappa shape index (κ3) is 6.19. The van der Waals surface area contributed by atoms with Crippen LogP contribution >= 0.6 is 0 Å². The molecule has 0 aromatic heterocycles. The molecule has 0 fully saturated rings. The van der Waals surface area contributed by atoms with Crippen LogP contribution in [-0.2, 0) is 17.6 Å². The Hall–Kier alpha value is -1.51. The van der Waals surface area contributed by atoms with Crippen molar-refractivity contribution in [1.82, 2.24) is 0 Å². The van der Waals surface area contributed by atoms with E-state index < -0.39 is 6.16 Å². The minimum atomic E-state index is -0.589. The van der Waals surface area contributed by atoms with Gasteiger partial charge in [-0.2, -0.15) is 0 Å². The lowest BCUT2D eigenvalue weighted by molar-refractivity contribution is 0.0969. The standard InChI is InChI=1S/C18H28O3/c1-4-7-8-9-10-14-20-18(19)21-17-13-11-12-15(5-2)16(17)6-3/h11-13H,4-10,14H2,1-3H3. The van der Waals surface area contributed by atoms with Gasteiger partial charge in [-0.3, -0.25) is 0 Å². The summed E-state index contributed by atoms with van der Waals surface area (Å²) in [6.45, 7) is 6.80. The van der Waals surface area contributed by atoms with Gasteiger partial charge in [0.2, 0.25) is 0 Å². The molecule has 1 rings (SSSR count). The van der Waals surface area contributed by atoms with Gasteiger partial charge in [0.1, 0.15) is 5.75 Å². The van der Waals surface area contributed by atoms with E-state index in [9.17, 15) is 4.79 Å². The van der Waals surface area contributed by atoms with Crippen LogP contribution in [0.15, 0.2) is 18.2 Å². The molecule has 3 heteroatoms. The van der Waals surface area contributed by atoms with Gasteiger partial charge in [-0.1, -0.05) is 58.6 Å². The van der Waals surface area contributed by atoms with Crippen molar-refractivity contribution in [1.29, 1.82) is 0 Å². The molecule has 0 amide bonds. The first-order valence-corrected chi connectivity index (χ1v) is 8.18. The molecule has 0 saturated heterocycles. The number of benzene rings is 1. The first-order valence-electron chi connectivity index (χ1n) is 8.18. The van der Waals surface area contributed by atoms with Crippen molar-refractivity contribution < 1.29 is 14.3 Å². The van der Waals surface area contributed by atoms with Gasteiger partial charge in [0.15, 0.2) is 0 Å². The van der Waals surface area contributed by atoms with E-state index in [1.165, 1.54) is 24.8 Å². The summed E-state index contributed by atoms with van der Waals surface area (Å²) < 4.78 is 10.5. The quantitative estimate of drug-likeness (QED) is 0.352. The van der Waals surface area contributed by atoms with E-state index in [4.69, 9.17) is 9.47 Å². The first kappa shape index (κ1) is 17.5. The second kappa shape index (κ2) is 10.3. The molecule has 0 saturated carbocycles. The monoisotopic (exact) mass is 292 g/mol. The summed E-state index contributed by atoms with van der Waals surface area (Å²) in [5.74, 6) is 0.632. The molecule has 0 unspecified atom stereocenters. The van der Waals surface area contributed by atoms with E-state index in [1.807, 2.05) is 12.1 Å². The summed E-state index contributed by atoms with van der Waals surface area (Å²) in [7, 11) is 0. The van der Waals surface area contributed by atoms with Crippen molar-refractivity contribution in [3.8, 4) is 5.75 Å². The third-order valence-corrected chi connectivity index (χ3v) is 3.63. The Bertz CT molecular complexity index is 426. The number of carbonyl (C=O) groups is 1. The van der Waals surface area contributed by atoms with Crippen LogP contribution in [0.3, 0.4) is 0 Å². The van der Waals surface area contributed by atoms with Crippen LogP contribution in [0, 0.1) is 0 Å². The first-order chi connectivity index (χ1) is 10.2. The van der Waals surface area contributed by atoms with Crippen LogP contribution in [0.2, 0.25) is 0 Å². The van der Waals surface area contributed by atoms with Crippen molar-refractivity contribution in [2.75, 3.05) is 6.61 Å². The third-order valence-electron chi connectivity index (χ3n) is 3.63. The van der Waals surface area contributed by atoms with Gasteiger partial charge in [-0.05, 0) is 36.5 Å². The second-order valence-corrected chi connectivity index (χ2v) is 5.22. The maximum atomic E-state index is 11.7. The average molecular weight is 292 g/mol. The minimum absolute atomic E-state index is 0.442. The molecule has 0 N–H and O–H groups in total. The molecular weight excluding hydrogens is 264 g/mol. The molecule has 0 bridgehead atoms. The molecule has 0 heterocycles. The number of aryl methyl sites for hydroxylation is 1. The van der Waals surface area contributed by atoms with Crippen molar-refractivity contribution in [3.63, 3.8) is 0 Å². The lowest BCUT2D eigenvalue weighted by Gasteiger charge is -2.12. The van der Waals surface area contributed by atoms with Crippen LogP contribution < -0.4 is 4.74 Å². The van der Waals surface area contributed by atoms with Crippen LogP contribution in [-0.4, -0.2) is 12.8 Å². The zero-order chi connectivity index (χ0) is 15.5. The lowest BCUT2D eigenvalue weighted by Crippen LogP contribution is -2.13. The van der Waals surface area contributed by atoms with E-state index in [0.29, 0.717) is 12.4 Å². The zero-order valence-electron chi connectivity index (χ0n) is 13.6. The summed E-state index contributed by atoms with van der Waals surface area (Å²) in [4.78, 5) is 11.7. The molecule has 118 valence electrons. The summed E-state index contributed by atoms with van der Waals surface area (Å²) in [5, 5.41) is 0. The number of unbranched alkanes of at least 4 members (excludes halogenated alkanes) is 4. The Morgan fingerprint density at radius 2 is 1.76 bits per heavy atom. The largest absolute Gasteiger partial charge is 0.513 e. The highest BCUT2D eigenvalue weighted by Gasteiger charge is 2.11. The number of carbonyl (C=O) groups excluding carboxylic acids is 1. The van der Waals surface area contributed by atoms with Crippen LogP contribution in [0.25, 0.3) is 0 Å². The van der Waals surface area contributed by atoms with Gasteiger partial charge in [0, 0.05) is 0 Å². The van der Waals surface area contributed by atoms with E-state index in [-0.39, 0.29) is 0 Å². The molecule has 0 spiro atoms. The maximum Gasteiger partial charge on any atom is 0.513 e. The Morgan fingerprint density at radius 1 is 1.00 bits per heavy atom. The van der Waals surface area contributed by atoms with Gasteiger partial charge in [0.25, 0.3) is 0 Å². The highest BCUT2D eigenvalue weighted by atomic mass is 16.7. The second-order valence-electron chi connectivity index (χ2n) is 5.22. The molecule has 3 nitrogen and oxygen atoms in total. The molecule has 0 atom stereocenters. The number of ether oxygens (including phenoxy) is 2. The van der Waals surface area contributed by atoms with Crippen molar-refractivity contribution in [3.05, 3.63) is 29.3 Å². The topological polar surface area (TPSA) is 35.5 Å². The van der Waals surface area contributed by atoms with Gasteiger partial charge >= 0.3 is 6.16 Å². The van der Waals surface area contributed by atoms with Gasteiger partial charge in [-0.25, -0.2) is 4.79 Å². The molecule has 0 radical (unpaired) electrons. The minimum Gasteiger partial charge on any atom is -0.434 e. The lowest BCUT2D eigenvalue weighted by atomic mass is 10.0. The van der Waals surface area contributed by atoms with E-state index >= 15 is 0 Å². The Balaban J connectivity index is 2.41. The van der Waals surface area contributed by atoms with Crippen molar-refractivity contribution in [2.24, 2.45) is 0 Å². The predicted molar refractivity (Wildman–Crippen MR) is 85.9 cm³/mol. The molecule has 21 heavy (non-hydrogen) atoms. The van der Waals surface area contributed by atoms with Gasteiger partial charge in [0.05, 0.1) is 6.61 Å². The van der Waals surface area contributed by atoms with Gasteiger partial charge < -0.3 is 9.47 Å². The van der Waals surface area contributed by atoms with Crippen LogP contribution in [0.5, 0.6) is 5.75 Å².